The van der Waals surface area contributed by atoms with Crippen molar-refractivity contribution in [3.63, 3.8) is 0 Å². The van der Waals surface area contributed by atoms with Crippen LogP contribution in [0.15, 0.2) is 21.7 Å². The van der Waals surface area contributed by atoms with Crippen LogP contribution in [0.4, 0.5) is 26.3 Å². The molecule has 0 fully saturated rings. The first-order valence-corrected chi connectivity index (χ1v) is 6.19. The molecule has 0 saturated heterocycles. The van der Waals surface area contributed by atoms with E-state index in [0.717, 1.165) is 0 Å². The molecule has 21 heavy (non-hydrogen) atoms. The Morgan fingerprint density at radius 3 is 2.10 bits per heavy atom. The van der Waals surface area contributed by atoms with Gasteiger partial charge >= 0.3 is 12.4 Å². The highest BCUT2D eigenvalue weighted by Crippen LogP contribution is 2.40. The first-order chi connectivity index (χ1) is 9.43. The quantitative estimate of drug-likeness (QED) is 0.349. The highest BCUT2D eigenvalue weighted by molar-refractivity contribution is 9.10. The van der Waals surface area contributed by atoms with E-state index in [-0.39, 0.29) is 5.11 Å². The second-order valence-corrected chi connectivity index (χ2v) is 4.94. The number of hydrogen-bond acceptors (Lipinski definition) is 2. The zero-order valence-electron chi connectivity index (χ0n) is 9.81. The number of rotatable bonds is 2. The Bertz CT molecular complexity index is 581. The summed E-state index contributed by atoms with van der Waals surface area (Å²) in [5, 5.41) is 2.90. The third-order valence-electron chi connectivity index (χ3n) is 2.13. The van der Waals surface area contributed by atoms with Crippen LogP contribution >= 0.6 is 28.1 Å². The summed E-state index contributed by atoms with van der Waals surface area (Å²) in [5.74, 6) is 0. The Labute approximate surface area is 128 Å². The summed E-state index contributed by atoms with van der Waals surface area (Å²) in [6.07, 6.45) is -9.11. The molecule has 0 heterocycles. The number of benzene rings is 1. The predicted octanol–water partition coefficient (Wildman–Crippen LogP) is 3.65. The molecule has 11 heteroatoms. The number of hydrogen-bond donors (Lipinski definition) is 2. The molecular weight excluding hydrogens is 388 g/mol. The van der Waals surface area contributed by atoms with Gasteiger partial charge in [-0.05, 0) is 24.4 Å². The van der Waals surface area contributed by atoms with Crippen molar-refractivity contribution in [3.05, 3.63) is 33.3 Å². The van der Waals surface area contributed by atoms with Gasteiger partial charge in [-0.2, -0.15) is 31.4 Å². The van der Waals surface area contributed by atoms with Crippen LogP contribution in [0.2, 0.25) is 0 Å². The standard InChI is InChI=1S/C10H6BrF6N3S/c11-7-2-5(9(12,13)14)4(3-19-20-8(18)21)1-6(7)10(15,16)17/h1-3H,(H3,18,20,21). The van der Waals surface area contributed by atoms with E-state index in [1.165, 1.54) is 0 Å². The van der Waals surface area contributed by atoms with E-state index in [1.807, 2.05) is 5.43 Å². The number of hydrazone groups is 1. The zero-order valence-corrected chi connectivity index (χ0v) is 12.2. The van der Waals surface area contributed by atoms with Gasteiger partial charge in [0.25, 0.3) is 0 Å². The lowest BCUT2D eigenvalue weighted by atomic mass is 10.0. The van der Waals surface area contributed by atoms with E-state index in [0.29, 0.717) is 18.3 Å². The van der Waals surface area contributed by atoms with Crippen LogP contribution in [0.1, 0.15) is 16.7 Å². The Morgan fingerprint density at radius 1 is 1.14 bits per heavy atom. The first kappa shape index (κ1) is 17.7. The van der Waals surface area contributed by atoms with Crippen molar-refractivity contribution in [2.24, 2.45) is 10.8 Å². The van der Waals surface area contributed by atoms with Crippen molar-refractivity contribution in [1.29, 1.82) is 0 Å². The molecule has 3 nitrogen and oxygen atoms in total. The normalized spacial score (nSPS) is 12.7. The molecule has 0 amide bonds. The van der Waals surface area contributed by atoms with E-state index in [1.54, 1.807) is 0 Å². The van der Waals surface area contributed by atoms with Gasteiger partial charge in [-0.3, -0.25) is 5.43 Å². The minimum Gasteiger partial charge on any atom is -0.375 e. The second-order valence-electron chi connectivity index (χ2n) is 3.65. The molecule has 0 atom stereocenters. The van der Waals surface area contributed by atoms with Crippen LogP contribution in [-0.2, 0) is 12.4 Å². The maximum Gasteiger partial charge on any atom is 0.417 e. The van der Waals surface area contributed by atoms with Gasteiger partial charge in [-0.25, -0.2) is 0 Å². The second kappa shape index (κ2) is 6.18. The summed E-state index contributed by atoms with van der Waals surface area (Å²) in [6, 6.07) is 0.669. The molecule has 0 bridgehead atoms. The number of halogens is 7. The van der Waals surface area contributed by atoms with Crippen molar-refractivity contribution >= 4 is 39.5 Å². The lowest BCUT2D eigenvalue weighted by Crippen LogP contribution is -2.24. The van der Waals surface area contributed by atoms with Crippen molar-refractivity contribution in [3.8, 4) is 0 Å². The average molecular weight is 394 g/mol. The summed E-state index contributed by atoms with van der Waals surface area (Å²) in [5.41, 5.74) is 3.65. The van der Waals surface area contributed by atoms with Gasteiger partial charge in [0.1, 0.15) is 0 Å². The first-order valence-electron chi connectivity index (χ1n) is 4.99. The lowest BCUT2D eigenvalue weighted by molar-refractivity contribution is -0.141. The Hall–Kier alpha value is -1.36. The summed E-state index contributed by atoms with van der Waals surface area (Å²) >= 11 is 6.85. The molecule has 0 aromatic heterocycles. The molecule has 1 aromatic carbocycles. The lowest BCUT2D eigenvalue weighted by Gasteiger charge is -2.15. The largest absolute Gasteiger partial charge is 0.417 e. The third kappa shape index (κ3) is 4.84. The topological polar surface area (TPSA) is 50.4 Å². The summed E-state index contributed by atoms with van der Waals surface area (Å²) < 4.78 is 75.8. The number of nitrogens with zero attached hydrogens (tertiary/aromatic N) is 1. The van der Waals surface area contributed by atoms with E-state index in [9.17, 15) is 26.3 Å². The molecule has 116 valence electrons. The van der Waals surface area contributed by atoms with Crippen molar-refractivity contribution in [2.45, 2.75) is 12.4 Å². The van der Waals surface area contributed by atoms with Crippen LogP contribution in [-0.4, -0.2) is 11.3 Å². The molecular formula is C10H6BrF6N3S. The Balaban J connectivity index is 3.42. The minimum absolute atomic E-state index is 0.331. The number of alkyl halides is 6. The molecule has 1 aromatic rings. The van der Waals surface area contributed by atoms with Crippen molar-refractivity contribution in [1.82, 2.24) is 5.43 Å². The number of nitrogens with one attached hydrogen (secondary N) is 1. The fourth-order valence-electron chi connectivity index (χ4n) is 1.32. The van der Waals surface area contributed by atoms with Crippen LogP contribution in [0.25, 0.3) is 0 Å². The zero-order chi connectivity index (χ0) is 16.4. The summed E-state index contributed by atoms with van der Waals surface area (Å²) in [7, 11) is 0. The third-order valence-corrected chi connectivity index (χ3v) is 2.88. The van der Waals surface area contributed by atoms with Gasteiger partial charge < -0.3 is 5.73 Å². The Kier molecular flexibility index (Phi) is 5.20. The van der Waals surface area contributed by atoms with Crippen molar-refractivity contribution < 1.29 is 26.3 Å². The highest BCUT2D eigenvalue weighted by Gasteiger charge is 2.38. The van der Waals surface area contributed by atoms with E-state index >= 15 is 0 Å². The smallest absolute Gasteiger partial charge is 0.375 e. The molecule has 0 aliphatic carbocycles. The SMILES string of the molecule is NC(=S)NN=Cc1cc(C(F)(F)F)c(Br)cc1C(F)(F)F. The fourth-order valence-corrected chi connectivity index (χ4v) is 1.95. The summed E-state index contributed by atoms with van der Waals surface area (Å²) in [6.45, 7) is 0. The van der Waals surface area contributed by atoms with Gasteiger partial charge in [0, 0.05) is 10.0 Å². The number of thiocarbonyl (C=S) groups is 1. The Morgan fingerprint density at radius 2 is 1.67 bits per heavy atom. The van der Waals surface area contributed by atoms with E-state index in [4.69, 9.17) is 5.73 Å². The van der Waals surface area contributed by atoms with Gasteiger partial charge in [0.15, 0.2) is 5.11 Å². The van der Waals surface area contributed by atoms with Crippen molar-refractivity contribution in [2.75, 3.05) is 0 Å². The monoisotopic (exact) mass is 393 g/mol. The van der Waals surface area contributed by atoms with E-state index in [2.05, 4.69) is 33.2 Å². The molecule has 0 radical (unpaired) electrons. The minimum atomic E-state index is -4.85. The predicted molar refractivity (Wildman–Crippen MR) is 71.7 cm³/mol. The van der Waals surface area contributed by atoms with Crippen LogP contribution < -0.4 is 11.2 Å². The van der Waals surface area contributed by atoms with Crippen LogP contribution in [0, 0.1) is 0 Å². The fraction of sp³-hybridized carbons (Fsp3) is 0.200. The van der Waals surface area contributed by atoms with E-state index < -0.39 is 33.5 Å². The number of nitrogens with two attached hydrogens (primary N) is 1. The van der Waals surface area contributed by atoms with Crippen LogP contribution in [0.3, 0.4) is 0 Å². The molecule has 1 rings (SSSR count). The van der Waals surface area contributed by atoms with Gasteiger partial charge in [0.05, 0.1) is 17.3 Å². The molecule has 0 unspecified atom stereocenters. The summed E-state index contributed by atoms with van der Waals surface area (Å²) in [4.78, 5) is 0. The maximum atomic E-state index is 12.8. The average Bonchev–Trinajstić information content (AvgIpc) is 2.27. The highest BCUT2D eigenvalue weighted by atomic mass is 79.9. The van der Waals surface area contributed by atoms with Gasteiger partial charge in [-0.15, -0.1) is 0 Å². The molecule has 0 spiro atoms. The van der Waals surface area contributed by atoms with Gasteiger partial charge in [-0.1, -0.05) is 15.9 Å². The molecule has 0 saturated carbocycles. The maximum absolute atomic E-state index is 12.8. The molecule has 3 N–H and O–H groups in total. The van der Waals surface area contributed by atoms with Gasteiger partial charge in [0.2, 0.25) is 0 Å². The van der Waals surface area contributed by atoms with Crippen LogP contribution in [0.5, 0.6) is 0 Å². The molecule has 0 aliphatic heterocycles. The molecule has 0 aliphatic rings.